The molecule has 0 amide bonds. The van der Waals surface area contributed by atoms with Crippen LogP contribution in [0, 0.1) is 0 Å². The van der Waals surface area contributed by atoms with Crippen molar-refractivity contribution in [2.45, 2.75) is 6.54 Å². The number of nitrogens with zero attached hydrogens (tertiary/aromatic N) is 3. The first kappa shape index (κ1) is 12.4. The van der Waals surface area contributed by atoms with E-state index in [-0.39, 0.29) is 0 Å². The molecule has 0 radical (unpaired) electrons. The van der Waals surface area contributed by atoms with Crippen LogP contribution in [0.3, 0.4) is 0 Å². The molecule has 102 valence electrons. The molecule has 0 unspecified atom stereocenters. The average Bonchev–Trinajstić information content (AvgIpc) is 2.99. The standard InChI is InChI=1S/C14H15N5O/c1-20-12-4-3-10-7-11(9-19-6-2-5-16-19)14(18-15)17-13(10)8-12/h2-8H,9,15H2,1H3,(H,17,18). The van der Waals surface area contributed by atoms with E-state index >= 15 is 0 Å². The maximum absolute atomic E-state index is 5.57. The summed E-state index contributed by atoms with van der Waals surface area (Å²) in [5.41, 5.74) is 4.46. The number of hydrogen-bond acceptors (Lipinski definition) is 5. The van der Waals surface area contributed by atoms with Gasteiger partial charge in [0.15, 0.2) is 0 Å². The Morgan fingerprint density at radius 2 is 2.25 bits per heavy atom. The molecular formula is C14H15N5O. The third-order valence-electron chi connectivity index (χ3n) is 3.13. The van der Waals surface area contributed by atoms with Crippen LogP contribution < -0.4 is 16.0 Å². The second-order valence-electron chi connectivity index (χ2n) is 4.40. The predicted molar refractivity (Wildman–Crippen MR) is 77.4 cm³/mol. The van der Waals surface area contributed by atoms with Gasteiger partial charge in [-0.3, -0.25) is 4.68 Å². The molecule has 1 aromatic carbocycles. The lowest BCUT2D eigenvalue weighted by molar-refractivity contribution is 0.415. The predicted octanol–water partition coefficient (Wildman–Crippen LogP) is 1.77. The molecule has 3 aromatic rings. The molecule has 0 spiro atoms. The molecule has 6 heteroatoms. The summed E-state index contributed by atoms with van der Waals surface area (Å²) in [7, 11) is 1.63. The van der Waals surface area contributed by atoms with E-state index in [2.05, 4.69) is 21.6 Å². The van der Waals surface area contributed by atoms with E-state index in [1.54, 1.807) is 13.3 Å². The number of aromatic nitrogens is 3. The van der Waals surface area contributed by atoms with Gasteiger partial charge in [0, 0.05) is 29.4 Å². The maximum atomic E-state index is 5.57. The van der Waals surface area contributed by atoms with Crippen molar-refractivity contribution in [2.24, 2.45) is 5.84 Å². The molecule has 2 aromatic heterocycles. The highest BCUT2D eigenvalue weighted by atomic mass is 16.5. The summed E-state index contributed by atoms with van der Waals surface area (Å²) in [5, 5.41) is 5.23. The molecule has 0 saturated carbocycles. The largest absolute Gasteiger partial charge is 0.497 e. The van der Waals surface area contributed by atoms with E-state index in [0.29, 0.717) is 12.4 Å². The number of fused-ring (bicyclic) bond motifs is 1. The Bertz CT molecular complexity index is 724. The fraction of sp³-hybridized carbons (Fsp3) is 0.143. The van der Waals surface area contributed by atoms with E-state index in [1.807, 2.05) is 35.1 Å². The van der Waals surface area contributed by atoms with Gasteiger partial charge in [-0.2, -0.15) is 5.10 Å². The fourth-order valence-electron chi connectivity index (χ4n) is 2.13. The van der Waals surface area contributed by atoms with E-state index < -0.39 is 0 Å². The van der Waals surface area contributed by atoms with Crippen LogP contribution in [0.5, 0.6) is 5.75 Å². The molecule has 0 bridgehead atoms. The number of hydrazine groups is 1. The Morgan fingerprint density at radius 3 is 2.95 bits per heavy atom. The summed E-state index contributed by atoms with van der Waals surface area (Å²) in [6.07, 6.45) is 3.65. The number of pyridine rings is 1. The minimum Gasteiger partial charge on any atom is -0.497 e. The van der Waals surface area contributed by atoms with Gasteiger partial charge in [-0.05, 0) is 24.3 Å². The zero-order valence-corrected chi connectivity index (χ0v) is 11.1. The number of benzene rings is 1. The number of nitrogen functional groups attached to an aromatic ring is 1. The summed E-state index contributed by atoms with van der Waals surface area (Å²) >= 11 is 0. The van der Waals surface area contributed by atoms with Gasteiger partial charge in [-0.15, -0.1) is 0 Å². The van der Waals surface area contributed by atoms with Crippen molar-refractivity contribution in [1.29, 1.82) is 0 Å². The third-order valence-corrected chi connectivity index (χ3v) is 3.13. The molecule has 0 fully saturated rings. The van der Waals surface area contributed by atoms with Gasteiger partial charge in [-0.1, -0.05) is 0 Å². The number of nitrogens with two attached hydrogens (primary N) is 1. The summed E-state index contributed by atoms with van der Waals surface area (Å²) in [5.74, 6) is 6.98. The average molecular weight is 269 g/mol. The first-order chi connectivity index (χ1) is 9.80. The van der Waals surface area contributed by atoms with Gasteiger partial charge in [0.1, 0.15) is 11.6 Å². The Morgan fingerprint density at radius 1 is 1.35 bits per heavy atom. The van der Waals surface area contributed by atoms with Crippen molar-refractivity contribution in [3.05, 3.63) is 48.3 Å². The number of nitrogens with one attached hydrogen (secondary N) is 1. The molecule has 0 aliphatic heterocycles. The number of anilines is 1. The normalized spacial score (nSPS) is 10.7. The van der Waals surface area contributed by atoms with Crippen LogP contribution in [-0.4, -0.2) is 21.9 Å². The molecule has 20 heavy (non-hydrogen) atoms. The lowest BCUT2D eigenvalue weighted by Crippen LogP contribution is -2.13. The maximum Gasteiger partial charge on any atom is 0.145 e. The van der Waals surface area contributed by atoms with Crippen LogP contribution in [0.1, 0.15) is 5.56 Å². The Labute approximate surface area is 116 Å². The molecule has 0 saturated heterocycles. The number of rotatable bonds is 4. The van der Waals surface area contributed by atoms with Crippen molar-refractivity contribution >= 4 is 16.7 Å². The van der Waals surface area contributed by atoms with Gasteiger partial charge in [0.05, 0.1) is 19.2 Å². The van der Waals surface area contributed by atoms with Crippen molar-refractivity contribution in [2.75, 3.05) is 12.5 Å². The topological polar surface area (TPSA) is 78.0 Å². The lowest BCUT2D eigenvalue weighted by Gasteiger charge is -2.11. The Balaban J connectivity index is 2.07. The lowest BCUT2D eigenvalue weighted by atomic mass is 10.1. The van der Waals surface area contributed by atoms with Gasteiger partial charge in [-0.25, -0.2) is 10.8 Å². The molecule has 0 aliphatic carbocycles. The molecule has 0 aliphatic rings. The highest BCUT2D eigenvalue weighted by Crippen LogP contribution is 2.24. The molecule has 6 nitrogen and oxygen atoms in total. The van der Waals surface area contributed by atoms with Gasteiger partial charge in [0.25, 0.3) is 0 Å². The zero-order chi connectivity index (χ0) is 13.9. The minimum atomic E-state index is 0.613. The van der Waals surface area contributed by atoms with Crippen molar-refractivity contribution in [1.82, 2.24) is 14.8 Å². The second kappa shape index (κ2) is 5.18. The summed E-state index contributed by atoms with van der Waals surface area (Å²) in [4.78, 5) is 4.53. The Kier molecular flexibility index (Phi) is 3.22. The Hall–Kier alpha value is -2.60. The smallest absolute Gasteiger partial charge is 0.145 e. The van der Waals surface area contributed by atoms with Crippen molar-refractivity contribution in [3.63, 3.8) is 0 Å². The summed E-state index contributed by atoms with van der Waals surface area (Å²) in [6.45, 7) is 0.613. The SMILES string of the molecule is COc1ccc2cc(Cn3cccn3)c(NN)nc2c1. The fourth-order valence-corrected chi connectivity index (χ4v) is 2.13. The minimum absolute atomic E-state index is 0.613. The molecule has 3 rings (SSSR count). The van der Waals surface area contributed by atoms with Crippen LogP contribution in [0.4, 0.5) is 5.82 Å². The quantitative estimate of drug-likeness (QED) is 0.557. The van der Waals surface area contributed by atoms with E-state index in [9.17, 15) is 0 Å². The monoisotopic (exact) mass is 269 g/mol. The number of ether oxygens (including phenoxy) is 1. The van der Waals surface area contributed by atoms with E-state index in [0.717, 1.165) is 22.2 Å². The third kappa shape index (κ3) is 2.28. The van der Waals surface area contributed by atoms with Crippen LogP contribution in [0.2, 0.25) is 0 Å². The van der Waals surface area contributed by atoms with Crippen molar-refractivity contribution in [3.8, 4) is 5.75 Å². The van der Waals surface area contributed by atoms with Crippen molar-refractivity contribution < 1.29 is 4.74 Å². The molecule has 2 heterocycles. The molecular weight excluding hydrogens is 254 g/mol. The second-order valence-corrected chi connectivity index (χ2v) is 4.40. The van der Waals surface area contributed by atoms with Gasteiger partial charge >= 0.3 is 0 Å². The van der Waals surface area contributed by atoms with Gasteiger partial charge < -0.3 is 10.2 Å². The van der Waals surface area contributed by atoms with E-state index in [1.165, 1.54) is 0 Å². The summed E-state index contributed by atoms with van der Waals surface area (Å²) in [6, 6.07) is 9.71. The highest BCUT2D eigenvalue weighted by Gasteiger charge is 2.08. The highest BCUT2D eigenvalue weighted by molar-refractivity contribution is 5.83. The van der Waals surface area contributed by atoms with Crippen LogP contribution in [0.25, 0.3) is 10.9 Å². The van der Waals surface area contributed by atoms with Crippen LogP contribution in [-0.2, 0) is 6.54 Å². The van der Waals surface area contributed by atoms with Crippen LogP contribution >= 0.6 is 0 Å². The number of methoxy groups -OCH3 is 1. The van der Waals surface area contributed by atoms with Gasteiger partial charge in [0.2, 0.25) is 0 Å². The molecule has 3 N–H and O–H groups in total. The van der Waals surface area contributed by atoms with Crippen LogP contribution in [0.15, 0.2) is 42.7 Å². The first-order valence-electron chi connectivity index (χ1n) is 6.22. The first-order valence-corrected chi connectivity index (χ1v) is 6.22. The number of hydrogen-bond donors (Lipinski definition) is 2. The van der Waals surface area contributed by atoms with E-state index in [4.69, 9.17) is 10.6 Å². The molecule has 0 atom stereocenters. The zero-order valence-electron chi connectivity index (χ0n) is 11.1. The summed E-state index contributed by atoms with van der Waals surface area (Å²) < 4.78 is 7.03.